The molecule has 0 saturated heterocycles. The summed E-state index contributed by atoms with van der Waals surface area (Å²) in [6.45, 7) is 9.28. The summed E-state index contributed by atoms with van der Waals surface area (Å²) in [6.07, 6.45) is 13.1. The highest BCUT2D eigenvalue weighted by molar-refractivity contribution is 7.81. The van der Waals surface area contributed by atoms with Gasteiger partial charge >= 0.3 is 20.8 Å². The molecule has 0 aromatic heterocycles. The standard InChI is InChI=1S/C27H46O8S2/c1-18(17-34-36(28,29)30)6-5-7-19(2)23-10-11-24-22-9-8-20-16-21(35-37(31,32)33)12-14-26(20,3)25(22)13-15-27(23,24)4/h8,18-19,21-25H,5-7,9-17H2,1-4H3,(H,28,29,30)(H,31,32,33)/t18?,19-,21+,22?,23?,24?,25?,26?,27?/m1/s1. The van der Waals surface area contributed by atoms with Gasteiger partial charge in [-0.2, -0.15) is 16.8 Å². The maximum Gasteiger partial charge on any atom is 0.397 e. The first-order valence-electron chi connectivity index (χ1n) is 14.1. The third-order valence-corrected chi connectivity index (χ3v) is 11.9. The molecule has 3 saturated carbocycles. The van der Waals surface area contributed by atoms with Gasteiger partial charge in [-0.05, 0) is 104 Å². The summed E-state index contributed by atoms with van der Waals surface area (Å²) in [6, 6.07) is 0. The van der Waals surface area contributed by atoms with Crippen LogP contribution in [0.25, 0.3) is 0 Å². The van der Waals surface area contributed by atoms with Crippen LogP contribution >= 0.6 is 0 Å². The molecule has 8 nitrogen and oxygen atoms in total. The van der Waals surface area contributed by atoms with Crippen LogP contribution in [0.4, 0.5) is 0 Å². The summed E-state index contributed by atoms with van der Waals surface area (Å²) in [5.74, 6) is 3.39. The van der Waals surface area contributed by atoms with E-state index >= 15 is 0 Å². The molecule has 0 radical (unpaired) electrons. The van der Waals surface area contributed by atoms with Crippen LogP contribution in [0.5, 0.6) is 0 Å². The van der Waals surface area contributed by atoms with E-state index in [0.717, 1.165) is 32.1 Å². The highest BCUT2D eigenvalue weighted by Gasteiger charge is 2.59. The topological polar surface area (TPSA) is 127 Å². The predicted octanol–water partition coefficient (Wildman–Crippen LogP) is 6.02. The molecule has 37 heavy (non-hydrogen) atoms. The predicted molar refractivity (Wildman–Crippen MR) is 141 cm³/mol. The second-order valence-electron chi connectivity index (χ2n) is 13.1. The minimum absolute atomic E-state index is 0.0243. The zero-order chi connectivity index (χ0) is 27.2. The Morgan fingerprint density at radius 2 is 1.70 bits per heavy atom. The monoisotopic (exact) mass is 562 g/mol. The lowest BCUT2D eigenvalue weighted by Crippen LogP contribution is -2.51. The number of hydrogen-bond donors (Lipinski definition) is 2. The number of hydrogen-bond acceptors (Lipinski definition) is 6. The fourth-order valence-electron chi connectivity index (χ4n) is 9.13. The lowest BCUT2D eigenvalue weighted by Gasteiger charge is -2.58. The van der Waals surface area contributed by atoms with Crippen molar-refractivity contribution in [3.8, 4) is 0 Å². The molecule has 0 aliphatic heterocycles. The van der Waals surface area contributed by atoms with E-state index in [1.54, 1.807) is 0 Å². The Balaban J connectivity index is 1.37. The average molecular weight is 563 g/mol. The van der Waals surface area contributed by atoms with Gasteiger partial charge in [-0.3, -0.25) is 9.11 Å². The Hall–Kier alpha value is -0.520. The van der Waals surface area contributed by atoms with Gasteiger partial charge in [-0.1, -0.05) is 52.2 Å². The second-order valence-corrected chi connectivity index (χ2v) is 15.2. The average Bonchev–Trinajstić information content (AvgIpc) is 3.14. The Morgan fingerprint density at radius 3 is 2.38 bits per heavy atom. The van der Waals surface area contributed by atoms with Crippen molar-refractivity contribution in [1.29, 1.82) is 0 Å². The smallest absolute Gasteiger partial charge is 0.264 e. The molecule has 7 unspecified atom stereocenters. The quantitative estimate of drug-likeness (QED) is 0.245. The molecule has 3 fully saturated rings. The normalized spacial score (nSPS) is 39.7. The number of rotatable bonds is 10. The highest BCUT2D eigenvalue weighted by Crippen LogP contribution is 2.67. The van der Waals surface area contributed by atoms with E-state index in [-0.39, 0.29) is 17.9 Å². The molecule has 0 heterocycles. The third-order valence-electron chi connectivity index (χ3n) is 10.9. The van der Waals surface area contributed by atoms with Crippen molar-refractivity contribution < 1.29 is 34.3 Å². The fraction of sp³-hybridized carbons (Fsp3) is 0.926. The molecule has 4 aliphatic rings. The van der Waals surface area contributed by atoms with Crippen LogP contribution in [0.1, 0.15) is 98.3 Å². The van der Waals surface area contributed by atoms with Crippen LogP contribution in [-0.2, 0) is 29.2 Å². The zero-order valence-electron chi connectivity index (χ0n) is 22.8. The van der Waals surface area contributed by atoms with Crippen molar-refractivity contribution in [2.24, 2.45) is 46.3 Å². The van der Waals surface area contributed by atoms with Gasteiger partial charge in [0.25, 0.3) is 0 Å². The zero-order valence-corrected chi connectivity index (χ0v) is 24.4. The van der Waals surface area contributed by atoms with E-state index in [1.165, 1.54) is 31.3 Å². The summed E-state index contributed by atoms with van der Waals surface area (Å²) >= 11 is 0. The molecular formula is C27H46O8S2. The first-order chi connectivity index (χ1) is 17.1. The molecule has 214 valence electrons. The summed E-state index contributed by atoms with van der Waals surface area (Å²) in [4.78, 5) is 0. The van der Waals surface area contributed by atoms with Crippen molar-refractivity contribution in [3.05, 3.63) is 11.6 Å². The summed E-state index contributed by atoms with van der Waals surface area (Å²) in [7, 11) is -8.80. The molecule has 0 aromatic carbocycles. The molecular weight excluding hydrogens is 516 g/mol. The van der Waals surface area contributed by atoms with E-state index in [0.29, 0.717) is 47.8 Å². The minimum Gasteiger partial charge on any atom is -0.264 e. The first kappa shape index (κ1) is 29.5. The first-order valence-corrected chi connectivity index (χ1v) is 16.8. The van der Waals surface area contributed by atoms with Gasteiger partial charge < -0.3 is 0 Å². The van der Waals surface area contributed by atoms with E-state index < -0.39 is 26.9 Å². The largest absolute Gasteiger partial charge is 0.397 e. The molecule has 0 aromatic rings. The van der Waals surface area contributed by atoms with Crippen LogP contribution in [0.2, 0.25) is 0 Å². The second kappa shape index (κ2) is 10.8. The molecule has 2 N–H and O–H groups in total. The molecule has 0 spiro atoms. The maximum atomic E-state index is 11.3. The lowest BCUT2D eigenvalue weighted by atomic mass is 9.47. The van der Waals surface area contributed by atoms with Gasteiger partial charge in [0.1, 0.15) is 0 Å². The van der Waals surface area contributed by atoms with E-state index in [2.05, 4.69) is 31.0 Å². The highest BCUT2D eigenvalue weighted by atomic mass is 32.3. The van der Waals surface area contributed by atoms with Gasteiger partial charge in [0.15, 0.2) is 0 Å². The van der Waals surface area contributed by atoms with Crippen LogP contribution < -0.4 is 0 Å². The van der Waals surface area contributed by atoms with Crippen LogP contribution in [0.15, 0.2) is 11.6 Å². The molecule has 0 amide bonds. The van der Waals surface area contributed by atoms with Crippen molar-refractivity contribution in [1.82, 2.24) is 0 Å². The number of allylic oxidation sites excluding steroid dienone is 1. The van der Waals surface area contributed by atoms with Gasteiger partial charge in [0.05, 0.1) is 12.7 Å². The minimum atomic E-state index is -4.43. The SMILES string of the molecule is CC(CCC[C@@H](C)C1CCC2C3CC=C4C[C@@H](OS(=O)(=O)O)CCC4(C)C3CCC21C)COS(=O)(=O)O. The van der Waals surface area contributed by atoms with Gasteiger partial charge in [-0.15, -0.1) is 0 Å². The number of fused-ring (bicyclic) bond motifs is 5. The molecule has 9 atom stereocenters. The van der Waals surface area contributed by atoms with Crippen molar-refractivity contribution >= 4 is 20.8 Å². The Morgan fingerprint density at radius 1 is 0.973 bits per heavy atom. The summed E-state index contributed by atoms with van der Waals surface area (Å²) in [5.41, 5.74) is 1.76. The van der Waals surface area contributed by atoms with Crippen LogP contribution in [0, 0.1) is 46.3 Å². The van der Waals surface area contributed by atoms with E-state index in [4.69, 9.17) is 13.3 Å². The summed E-state index contributed by atoms with van der Waals surface area (Å²) in [5, 5.41) is 0. The summed E-state index contributed by atoms with van der Waals surface area (Å²) < 4.78 is 71.6. The van der Waals surface area contributed by atoms with Gasteiger partial charge in [-0.25, -0.2) is 8.37 Å². The van der Waals surface area contributed by atoms with Crippen molar-refractivity contribution in [2.75, 3.05) is 6.61 Å². The molecule has 10 heteroatoms. The maximum absolute atomic E-state index is 11.3. The third kappa shape index (κ3) is 6.46. The van der Waals surface area contributed by atoms with E-state index in [1.807, 2.05) is 6.92 Å². The molecule has 0 bridgehead atoms. The molecule has 4 aliphatic carbocycles. The van der Waals surface area contributed by atoms with Crippen molar-refractivity contribution in [2.45, 2.75) is 104 Å². The van der Waals surface area contributed by atoms with E-state index in [9.17, 15) is 16.8 Å². The van der Waals surface area contributed by atoms with Crippen molar-refractivity contribution in [3.63, 3.8) is 0 Å². The fourth-order valence-corrected chi connectivity index (χ4v) is 10.0. The van der Waals surface area contributed by atoms with Gasteiger partial charge in [0.2, 0.25) is 0 Å². The Labute approximate surface area is 223 Å². The Bertz CT molecular complexity index is 1070. The van der Waals surface area contributed by atoms with Crippen LogP contribution in [0.3, 0.4) is 0 Å². The lowest BCUT2D eigenvalue weighted by molar-refractivity contribution is -0.0560. The molecule has 4 rings (SSSR count). The van der Waals surface area contributed by atoms with Gasteiger partial charge in [0, 0.05) is 0 Å². The van der Waals surface area contributed by atoms with Crippen LogP contribution in [-0.4, -0.2) is 38.7 Å². The Kier molecular flexibility index (Phi) is 8.60.